The molecule has 1 aliphatic carbocycles. The summed E-state index contributed by atoms with van der Waals surface area (Å²) in [5.74, 6) is -0.0103. The fourth-order valence-corrected chi connectivity index (χ4v) is 2.40. The molecule has 2 amide bonds. The molecule has 0 aromatic heterocycles. The van der Waals surface area contributed by atoms with Crippen LogP contribution in [0.1, 0.15) is 38.5 Å². The van der Waals surface area contributed by atoms with Crippen LogP contribution in [-0.4, -0.2) is 24.4 Å². The molecule has 1 heterocycles. The van der Waals surface area contributed by atoms with E-state index in [1.54, 1.807) is 0 Å². The Balaban J connectivity index is 1.81. The van der Waals surface area contributed by atoms with E-state index in [0.29, 0.717) is 19.0 Å². The Morgan fingerprint density at radius 2 is 2.00 bits per heavy atom. The van der Waals surface area contributed by atoms with Gasteiger partial charge in [-0.15, -0.1) is 0 Å². The van der Waals surface area contributed by atoms with E-state index < -0.39 is 0 Å². The number of piperidine rings is 1. The summed E-state index contributed by atoms with van der Waals surface area (Å²) in [4.78, 5) is 22.9. The van der Waals surface area contributed by atoms with Gasteiger partial charge in [-0.2, -0.15) is 0 Å². The number of rotatable bonds is 2. The lowest BCUT2D eigenvalue weighted by molar-refractivity contribution is -0.132. The zero-order valence-electron chi connectivity index (χ0n) is 8.92. The van der Waals surface area contributed by atoms with Gasteiger partial charge < -0.3 is 10.6 Å². The maximum Gasteiger partial charge on any atom is 0.223 e. The van der Waals surface area contributed by atoms with Crippen LogP contribution in [0.5, 0.6) is 0 Å². The number of carbonyl (C=O) groups is 2. The largest absolute Gasteiger partial charge is 0.356 e. The highest BCUT2D eigenvalue weighted by Gasteiger charge is 2.27. The van der Waals surface area contributed by atoms with E-state index in [-0.39, 0.29) is 17.7 Å². The molecule has 4 nitrogen and oxygen atoms in total. The van der Waals surface area contributed by atoms with Gasteiger partial charge in [-0.1, -0.05) is 12.8 Å². The molecule has 2 rings (SSSR count). The normalized spacial score (nSPS) is 27.5. The molecule has 2 aliphatic rings. The minimum Gasteiger partial charge on any atom is -0.356 e. The molecule has 0 bridgehead atoms. The van der Waals surface area contributed by atoms with Gasteiger partial charge in [-0.25, -0.2) is 0 Å². The predicted octanol–water partition coefficient (Wildman–Crippen LogP) is 0.571. The highest BCUT2D eigenvalue weighted by atomic mass is 16.2. The fourth-order valence-electron chi connectivity index (χ4n) is 2.40. The van der Waals surface area contributed by atoms with Crippen LogP contribution in [-0.2, 0) is 9.59 Å². The van der Waals surface area contributed by atoms with Crippen molar-refractivity contribution in [3.8, 4) is 0 Å². The monoisotopic (exact) mass is 210 g/mol. The maximum absolute atomic E-state index is 11.8. The first-order valence-corrected chi connectivity index (χ1v) is 5.83. The van der Waals surface area contributed by atoms with Gasteiger partial charge in [0.1, 0.15) is 0 Å². The second kappa shape index (κ2) is 4.64. The minimum atomic E-state index is -0.0978. The summed E-state index contributed by atoms with van der Waals surface area (Å²) in [6.45, 7) is 0.640. The summed E-state index contributed by atoms with van der Waals surface area (Å²) in [5, 5.41) is 5.79. The molecular weight excluding hydrogens is 192 g/mol. The molecule has 1 saturated carbocycles. The average molecular weight is 210 g/mol. The molecule has 1 atom stereocenters. The summed E-state index contributed by atoms with van der Waals surface area (Å²) in [5.41, 5.74) is 0. The first kappa shape index (κ1) is 10.5. The van der Waals surface area contributed by atoms with Crippen LogP contribution in [0.15, 0.2) is 0 Å². The van der Waals surface area contributed by atoms with Crippen LogP contribution in [0.4, 0.5) is 0 Å². The van der Waals surface area contributed by atoms with Crippen molar-refractivity contribution in [3.63, 3.8) is 0 Å². The van der Waals surface area contributed by atoms with E-state index >= 15 is 0 Å². The second-order valence-electron chi connectivity index (χ2n) is 4.53. The van der Waals surface area contributed by atoms with Crippen molar-refractivity contribution in [1.82, 2.24) is 10.6 Å². The molecular formula is C11H18N2O2. The molecule has 2 N–H and O–H groups in total. The van der Waals surface area contributed by atoms with Crippen molar-refractivity contribution in [2.75, 3.05) is 6.54 Å². The van der Waals surface area contributed by atoms with Gasteiger partial charge in [0.05, 0.1) is 0 Å². The van der Waals surface area contributed by atoms with Gasteiger partial charge >= 0.3 is 0 Å². The third kappa shape index (κ3) is 2.70. The van der Waals surface area contributed by atoms with Crippen LogP contribution in [0.3, 0.4) is 0 Å². The number of hydrogen-bond donors (Lipinski definition) is 2. The van der Waals surface area contributed by atoms with Gasteiger partial charge in [0, 0.05) is 24.9 Å². The standard InChI is InChI=1S/C11H18N2O2/c14-10-7-8(5-6-12-10)11(15)13-9-3-1-2-4-9/h8-9H,1-7H2,(H,12,14)(H,13,15). The molecule has 0 spiro atoms. The van der Waals surface area contributed by atoms with Gasteiger partial charge in [-0.05, 0) is 19.3 Å². The molecule has 0 radical (unpaired) electrons. The van der Waals surface area contributed by atoms with Crippen LogP contribution in [0.25, 0.3) is 0 Å². The Kier molecular flexibility index (Phi) is 3.23. The molecule has 0 aromatic carbocycles. The highest BCUT2D eigenvalue weighted by Crippen LogP contribution is 2.19. The zero-order valence-corrected chi connectivity index (χ0v) is 8.92. The van der Waals surface area contributed by atoms with Crippen molar-refractivity contribution < 1.29 is 9.59 Å². The molecule has 1 unspecified atom stereocenters. The Morgan fingerprint density at radius 1 is 1.27 bits per heavy atom. The van der Waals surface area contributed by atoms with E-state index in [1.807, 2.05) is 0 Å². The topological polar surface area (TPSA) is 58.2 Å². The quantitative estimate of drug-likeness (QED) is 0.700. The highest BCUT2D eigenvalue weighted by molar-refractivity contribution is 5.86. The van der Waals surface area contributed by atoms with Crippen LogP contribution >= 0.6 is 0 Å². The van der Waals surface area contributed by atoms with Crippen LogP contribution in [0.2, 0.25) is 0 Å². The smallest absolute Gasteiger partial charge is 0.223 e. The molecule has 84 valence electrons. The second-order valence-corrected chi connectivity index (χ2v) is 4.53. The molecule has 1 saturated heterocycles. The van der Waals surface area contributed by atoms with Gasteiger partial charge in [0.25, 0.3) is 0 Å². The molecule has 1 aliphatic heterocycles. The maximum atomic E-state index is 11.8. The summed E-state index contributed by atoms with van der Waals surface area (Å²) in [6.07, 6.45) is 5.78. The Labute approximate surface area is 89.8 Å². The minimum absolute atomic E-state index is 0.00724. The zero-order chi connectivity index (χ0) is 10.7. The summed E-state index contributed by atoms with van der Waals surface area (Å²) in [7, 11) is 0. The molecule has 15 heavy (non-hydrogen) atoms. The van der Waals surface area contributed by atoms with Gasteiger partial charge in [-0.3, -0.25) is 9.59 Å². The van der Waals surface area contributed by atoms with Crippen molar-refractivity contribution in [1.29, 1.82) is 0 Å². The third-order valence-corrected chi connectivity index (χ3v) is 3.32. The van der Waals surface area contributed by atoms with Gasteiger partial charge in [0.15, 0.2) is 0 Å². The average Bonchev–Trinajstić information content (AvgIpc) is 2.70. The first-order chi connectivity index (χ1) is 7.25. The number of amides is 2. The van der Waals surface area contributed by atoms with Crippen LogP contribution < -0.4 is 10.6 Å². The molecule has 0 aromatic rings. The Morgan fingerprint density at radius 3 is 2.67 bits per heavy atom. The van der Waals surface area contributed by atoms with Gasteiger partial charge in [0.2, 0.25) is 11.8 Å². The van der Waals surface area contributed by atoms with Crippen molar-refractivity contribution in [3.05, 3.63) is 0 Å². The number of hydrogen-bond acceptors (Lipinski definition) is 2. The lowest BCUT2D eigenvalue weighted by atomic mass is 9.96. The first-order valence-electron chi connectivity index (χ1n) is 5.83. The third-order valence-electron chi connectivity index (χ3n) is 3.32. The lowest BCUT2D eigenvalue weighted by Gasteiger charge is -2.23. The summed E-state index contributed by atoms with van der Waals surface area (Å²) >= 11 is 0. The lowest BCUT2D eigenvalue weighted by Crippen LogP contribution is -2.43. The van der Waals surface area contributed by atoms with E-state index in [2.05, 4.69) is 10.6 Å². The molecule has 4 heteroatoms. The van der Waals surface area contributed by atoms with E-state index in [1.165, 1.54) is 12.8 Å². The Hall–Kier alpha value is -1.06. The van der Waals surface area contributed by atoms with E-state index in [4.69, 9.17) is 0 Å². The SMILES string of the molecule is O=C1CC(C(=O)NC2CCCC2)CCN1. The van der Waals surface area contributed by atoms with E-state index in [0.717, 1.165) is 19.3 Å². The fraction of sp³-hybridized carbons (Fsp3) is 0.818. The van der Waals surface area contributed by atoms with Crippen molar-refractivity contribution >= 4 is 11.8 Å². The number of nitrogens with one attached hydrogen (secondary N) is 2. The van der Waals surface area contributed by atoms with Crippen LogP contribution in [0, 0.1) is 5.92 Å². The van der Waals surface area contributed by atoms with E-state index in [9.17, 15) is 9.59 Å². The summed E-state index contributed by atoms with van der Waals surface area (Å²) in [6, 6.07) is 0.363. The Bertz CT molecular complexity index is 259. The summed E-state index contributed by atoms with van der Waals surface area (Å²) < 4.78 is 0. The predicted molar refractivity (Wildman–Crippen MR) is 56.1 cm³/mol. The number of carbonyl (C=O) groups excluding carboxylic acids is 2. The molecule has 2 fully saturated rings. The van der Waals surface area contributed by atoms with Crippen molar-refractivity contribution in [2.45, 2.75) is 44.6 Å². The van der Waals surface area contributed by atoms with Crippen molar-refractivity contribution in [2.24, 2.45) is 5.92 Å².